The monoisotopic (exact) mass is 212 g/mol. The van der Waals surface area contributed by atoms with Gasteiger partial charge in [-0.25, -0.2) is 9.59 Å². The summed E-state index contributed by atoms with van der Waals surface area (Å²) in [5, 5.41) is 0. The van der Waals surface area contributed by atoms with Crippen LogP contribution in [0.15, 0.2) is 12.3 Å². The van der Waals surface area contributed by atoms with Crippen molar-refractivity contribution < 1.29 is 19.1 Å². The highest BCUT2D eigenvalue weighted by atomic mass is 16.5. The van der Waals surface area contributed by atoms with Crippen molar-refractivity contribution in [2.24, 2.45) is 0 Å². The molecule has 0 aliphatic heterocycles. The second-order valence-electron chi connectivity index (χ2n) is 2.73. The molecule has 6 heteroatoms. The highest BCUT2D eigenvalue weighted by molar-refractivity contribution is 5.94. The quantitative estimate of drug-likeness (QED) is 0.570. The number of nitrogens with two attached hydrogens (primary N) is 1. The maximum absolute atomic E-state index is 11.3. The molecule has 0 radical (unpaired) electrons. The third kappa shape index (κ3) is 2.28. The van der Waals surface area contributed by atoms with Gasteiger partial charge in [0.25, 0.3) is 0 Å². The molecule has 2 N–H and O–H groups in total. The molecule has 0 unspecified atom stereocenters. The number of nitrogen functional groups attached to an aromatic ring is 1. The molecule has 15 heavy (non-hydrogen) atoms. The van der Waals surface area contributed by atoms with Gasteiger partial charge in [-0.2, -0.15) is 0 Å². The largest absolute Gasteiger partial charge is 0.464 e. The molecule has 0 bridgehead atoms. The van der Waals surface area contributed by atoms with Crippen molar-refractivity contribution in [3.05, 3.63) is 23.5 Å². The zero-order valence-electron chi connectivity index (χ0n) is 8.52. The Balaban J connectivity index is 2.95. The Morgan fingerprint density at radius 2 is 2.13 bits per heavy atom. The molecule has 1 aromatic heterocycles. The zero-order chi connectivity index (χ0) is 11.4. The first-order chi connectivity index (χ1) is 7.10. The van der Waals surface area contributed by atoms with Crippen molar-refractivity contribution >= 4 is 11.9 Å². The number of aromatic nitrogens is 1. The molecule has 0 aromatic carbocycles. The van der Waals surface area contributed by atoms with Crippen molar-refractivity contribution in [2.45, 2.75) is 6.92 Å². The summed E-state index contributed by atoms with van der Waals surface area (Å²) >= 11 is 0. The molecule has 0 amide bonds. The second kappa shape index (κ2) is 4.50. The van der Waals surface area contributed by atoms with Crippen LogP contribution in [0, 0.1) is 0 Å². The third-order valence-electron chi connectivity index (χ3n) is 1.75. The minimum Gasteiger partial charge on any atom is -0.464 e. The topological polar surface area (TPSA) is 83.6 Å². The van der Waals surface area contributed by atoms with Gasteiger partial charge in [-0.1, -0.05) is 0 Å². The van der Waals surface area contributed by atoms with E-state index in [0.717, 1.165) is 4.68 Å². The van der Waals surface area contributed by atoms with Crippen LogP contribution in [0.25, 0.3) is 0 Å². The van der Waals surface area contributed by atoms with E-state index in [1.54, 1.807) is 6.92 Å². The van der Waals surface area contributed by atoms with Gasteiger partial charge in [0.05, 0.1) is 19.3 Å². The first-order valence-electron chi connectivity index (χ1n) is 4.33. The molecule has 0 spiro atoms. The predicted molar refractivity (Wildman–Crippen MR) is 51.9 cm³/mol. The summed E-state index contributed by atoms with van der Waals surface area (Å²) in [5.74, 6) is 4.33. The highest BCUT2D eigenvalue weighted by Crippen LogP contribution is 2.08. The van der Waals surface area contributed by atoms with Crippen LogP contribution in [-0.4, -0.2) is 30.3 Å². The number of carbonyl (C=O) groups excluding carboxylic acids is 2. The first kappa shape index (κ1) is 11.1. The van der Waals surface area contributed by atoms with E-state index in [-0.39, 0.29) is 17.9 Å². The smallest absolute Gasteiger partial charge is 0.356 e. The van der Waals surface area contributed by atoms with Crippen molar-refractivity contribution in [1.82, 2.24) is 4.68 Å². The number of methoxy groups -OCH3 is 1. The lowest BCUT2D eigenvalue weighted by Gasteiger charge is -1.98. The van der Waals surface area contributed by atoms with Crippen LogP contribution in [0.2, 0.25) is 0 Å². The Hall–Kier alpha value is -1.98. The Morgan fingerprint density at radius 3 is 2.67 bits per heavy atom. The van der Waals surface area contributed by atoms with Gasteiger partial charge in [0, 0.05) is 6.20 Å². The summed E-state index contributed by atoms with van der Waals surface area (Å²) in [6.45, 7) is 1.96. The Morgan fingerprint density at radius 1 is 1.47 bits per heavy atom. The predicted octanol–water partition coefficient (Wildman–Crippen LogP) is 0.165. The summed E-state index contributed by atoms with van der Waals surface area (Å²) in [6, 6.07) is 1.32. The van der Waals surface area contributed by atoms with Crippen molar-refractivity contribution in [3.63, 3.8) is 0 Å². The van der Waals surface area contributed by atoms with Gasteiger partial charge in [0.1, 0.15) is 5.69 Å². The minimum atomic E-state index is -0.604. The third-order valence-corrected chi connectivity index (χ3v) is 1.75. The van der Waals surface area contributed by atoms with Crippen LogP contribution < -0.4 is 5.84 Å². The lowest BCUT2D eigenvalue weighted by Crippen LogP contribution is -2.15. The van der Waals surface area contributed by atoms with Gasteiger partial charge >= 0.3 is 11.9 Å². The van der Waals surface area contributed by atoms with E-state index < -0.39 is 11.9 Å². The summed E-state index contributed by atoms with van der Waals surface area (Å²) in [4.78, 5) is 22.4. The lowest BCUT2D eigenvalue weighted by atomic mass is 10.3. The normalized spacial score (nSPS) is 9.73. The lowest BCUT2D eigenvalue weighted by molar-refractivity contribution is 0.0526. The SMILES string of the molecule is CCOC(=O)c1cc(C(=O)OC)n(N)c1. The number of esters is 2. The molecule has 0 aliphatic carbocycles. The molecule has 0 saturated heterocycles. The maximum Gasteiger partial charge on any atom is 0.356 e. The molecule has 0 fully saturated rings. The van der Waals surface area contributed by atoms with Crippen LogP contribution in [-0.2, 0) is 9.47 Å². The van der Waals surface area contributed by atoms with E-state index in [2.05, 4.69) is 4.74 Å². The summed E-state index contributed by atoms with van der Waals surface area (Å²) in [6.07, 6.45) is 1.31. The van der Waals surface area contributed by atoms with Gasteiger partial charge < -0.3 is 15.3 Å². The van der Waals surface area contributed by atoms with Gasteiger partial charge in [-0.3, -0.25) is 4.68 Å². The minimum absolute atomic E-state index is 0.0977. The Kier molecular flexibility index (Phi) is 3.33. The molecule has 1 rings (SSSR count). The van der Waals surface area contributed by atoms with E-state index in [0.29, 0.717) is 0 Å². The molecule has 6 nitrogen and oxygen atoms in total. The van der Waals surface area contributed by atoms with E-state index in [9.17, 15) is 9.59 Å². The first-order valence-corrected chi connectivity index (χ1v) is 4.33. The molecule has 0 atom stereocenters. The fourth-order valence-corrected chi connectivity index (χ4v) is 1.07. The van der Waals surface area contributed by atoms with Gasteiger partial charge in [0.2, 0.25) is 0 Å². The highest BCUT2D eigenvalue weighted by Gasteiger charge is 2.17. The van der Waals surface area contributed by atoms with Gasteiger partial charge in [0.15, 0.2) is 0 Å². The fourth-order valence-electron chi connectivity index (χ4n) is 1.07. The second-order valence-corrected chi connectivity index (χ2v) is 2.73. The van der Waals surface area contributed by atoms with Crippen LogP contribution in [0.5, 0.6) is 0 Å². The molecule has 82 valence electrons. The van der Waals surface area contributed by atoms with Crippen LogP contribution in [0.3, 0.4) is 0 Å². The standard InChI is InChI=1S/C9H12N2O4/c1-3-15-8(12)6-4-7(9(13)14-2)11(10)5-6/h4-5H,3,10H2,1-2H3. The molecule has 1 aromatic rings. The van der Waals surface area contributed by atoms with Crippen LogP contribution >= 0.6 is 0 Å². The molecular formula is C9H12N2O4. The van der Waals surface area contributed by atoms with Gasteiger partial charge in [-0.05, 0) is 13.0 Å². The summed E-state index contributed by atoms with van der Waals surface area (Å²) in [5.41, 5.74) is 0.320. The number of hydrogen-bond acceptors (Lipinski definition) is 5. The summed E-state index contributed by atoms with van der Waals surface area (Å²) in [7, 11) is 1.24. The number of rotatable bonds is 3. The number of nitrogens with zero attached hydrogens (tertiary/aromatic N) is 1. The summed E-state index contributed by atoms with van der Waals surface area (Å²) < 4.78 is 10.3. The van der Waals surface area contributed by atoms with E-state index >= 15 is 0 Å². The Labute approximate surface area is 86.5 Å². The molecule has 0 aliphatic rings. The maximum atomic E-state index is 11.3. The van der Waals surface area contributed by atoms with Crippen molar-refractivity contribution in [3.8, 4) is 0 Å². The fraction of sp³-hybridized carbons (Fsp3) is 0.333. The van der Waals surface area contributed by atoms with Crippen molar-refractivity contribution in [1.29, 1.82) is 0 Å². The zero-order valence-corrected chi connectivity index (χ0v) is 8.52. The van der Waals surface area contributed by atoms with E-state index in [1.807, 2.05) is 0 Å². The molecule has 1 heterocycles. The molecule has 0 saturated carbocycles. The average Bonchev–Trinajstić information content (AvgIpc) is 2.60. The number of hydrogen-bond donors (Lipinski definition) is 1. The van der Waals surface area contributed by atoms with Crippen LogP contribution in [0.1, 0.15) is 27.8 Å². The van der Waals surface area contributed by atoms with Gasteiger partial charge in [-0.15, -0.1) is 0 Å². The number of ether oxygens (including phenoxy) is 2. The van der Waals surface area contributed by atoms with E-state index in [1.165, 1.54) is 19.4 Å². The Bertz CT molecular complexity index is 383. The van der Waals surface area contributed by atoms with E-state index in [4.69, 9.17) is 10.6 Å². The van der Waals surface area contributed by atoms with Crippen LogP contribution in [0.4, 0.5) is 0 Å². The number of carbonyl (C=O) groups is 2. The molecular weight excluding hydrogens is 200 g/mol. The average molecular weight is 212 g/mol. The van der Waals surface area contributed by atoms with Crippen molar-refractivity contribution in [2.75, 3.05) is 19.6 Å².